The van der Waals surface area contributed by atoms with E-state index < -0.39 is 0 Å². The lowest BCUT2D eigenvalue weighted by Gasteiger charge is -2.17. The highest BCUT2D eigenvalue weighted by atomic mass is 16.5. The number of nitrogens with one attached hydrogen (secondary N) is 1. The van der Waals surface area contributed by atoms with Crippen LogP contribution in [-0.2, 0) is 0 Å². The minimum atomic E-state index is 0.0365. The molecule has 0 spiro atoms. The van der Waals surface area contributed by atoms with Gasteiger partial charge in [-0.1, -0.05) is 0 Å². The van der Waals surface area contributed by atoms with E-state index in [0.717, 1.165) is 16.7 Å². The summed E-state index contributed by atoms with van der Waals surface area (Å²) in [6, 6.07) is 3.76. The fourth-order valence-corrected chi connectivity index (χ4v) is 2.12. The molecule has 0 aliphatic carbocycles. The smallest absolute Gasteiger partial charge is 0.203 e. The number of benzene rings is 1. The Labute approximate surface area is 118 Å². The number of hydrogen-bond acceptors (Lipinski definition) is 5. The molecule has 0 bridgehead atoms. The summed E-state index contributed by atoms with van der Waals surface area (Å²) in [5.74, 6) is 1.77. The number of hydrogen-bond donors (Lipinski definition) is 2. The van der Waals surface area contributed by atoms with Gasteiger partial charge in [0.25, 0.3) is 0 Å². The molecule has 108 valence electrons. The molecule has 1 aromatic rings. The SMILES string of the molecule is COc1cc(C2=CNCC(CO)=C2)cc(OC)c1OC. The molecule has 1 aliphatic heterocycles. The average Bonchev–Trinajstić information content (AvgIpc) is 2.53. The lowest BCUT2D eigenvalue weighted by molar-refractivity contribution is 0.324. The predicted octanol–water partition coefficient (Wildman–Crippen LogP) is 1.58. The van der Waals surface area contributed by atoms with E-state index >= 15 is 0 Å². The number of dihydropyridines is 1. The number of ether oxygens (including phenoxy) is 3. The van der Waals surface area contributed by atoms with E-state index in [1.165, 1.54) is 0 Å². The quantitative estimate of drug-likeness (QED) is 0.855. The zero-order valence-electron chi connectivity index (χ0n) is 11.9. The van der Waals surface area contributed by atoms with Gasteiger partial charge in [0.1, 0.15) is 0 Å². The molecule has 1 aliphatic rings. The van der Waals surface area contributed by atoms with E-state index in [1.807, 2.05) is 24.4 Å². The number of aliphatic hydroxyl groups excluding tert-OH is 1. The standard InChI is InChI=1S/C15H19NO4/c1-18-13-5-11(6-14(19-2)15(13)20-3)12-4-10(9-17)7-16-8-12/h4-6,8,16-17H,7,9H2,1-3H3. The summed E-state index contributed by atoms with van der Waals surface area (Å²) in [5.41, 5.74) is 2.81. The molecule has 0 amide bonds. The van der Waals surface area contributed by atoms with Crippen molar-refractivity contribution in [2.75, 3.05) is 34.5 Å². The van der Waals surface area contributed by atoms with Crippen LogP contribution in [0.2, 0.25) is 0 Å². The van der Waals surface area contributed by atoms with Crippen molar-refractivity contribution in [2.24, 2.45) is 0 Å². The van der Waals surface area contributed by atoms with Crippen LogP contribution in [0, 0.1) is 0 Å². The Balaban J connectivity index is 2.47. The number of methoxy groups -OCH3 is 3. The van der Waals surface area contributed by atoms with Crippen molar-refractivity contribution in [3.05, 3.63) is 35.5 Å². The van der Waals surface area contributed by atoms with Crippen molar-refractivity contribution >= 4 is 5.57 Å². The fraction of sp³-hybridized carbons (Fsp3) is 0.333. The second-order valence-electron chi connectivity index (χ2n) is 4.36. The highest BCUT2D eigenvalue weighted by Crippen LogP contribution is 2.40. The largest absolute Gasteiger partial charge is 0.493 e. The third-order valence-corrected chi connectivity index (χ3v) is 3.15. The van der Waals surface area contributed by atoms with Gasteiger partial charge in [-0.15, -0.1) is 0 Å². The molecule has 0 radical (unpaired) electrons. The normalized spacial score (nSPS) is 14.0. The first-order valence-corrected chi connectivity index (χ1v) is 6.27. The monoisotopic (exact) mass is 277 g/mol. The van der Waals surface area contributed by atoms with E-state index in [4.69, 9.17) is 14.2 Å². The zero-order chi connectivity index (χ0) is 14.5. The second-order valence-corrected chi connectivity index (χ2v) is 4.36. The third kappa shape index (κ3) is 2.72. The highest BCUT2D eigenvalue weighted by Gasteiger charge is 2.15. The topological polar surface area (TPSA) is 60.0 Å². The summed E-state index contributed by atoms with van der Waals surface area (Å²) < 4.78 is 16.0. The van der Waals surface area contributed by atoms with Crippen LogP contribution in [0.3, 0.4) is 0 Å². The van der Waals surface area contributed by atoms with Crippen LogP contribution in [0.5, 0.6) is 17.2 Å². The molecule has 0 saturated carbocycles. The Hall–Kier alpha value is -2.14. The third-order valence-electron chi connectivity index (χ3n) is 3.15. The number of rotatable bonds is 5. The van der Waals surface area contributed by atoms with Gasteiger partial charge in [-0.3, -0.25) is 0 Å². The predicted molar refractivity (Wildman–Crippen MR) is 77.2 cm³/mol. The number of aliphatic hydroxyl groups is 1. The Morgan fingerprint density at radius 3 is 2.25 bits per heavy atom. The van der Waals surface area contributed by atoms with Gasteiger partial charge in [0.05, 0.1) is 27.9 Å². The second kappa shape index (κ2) is 6.34. The molecular weight excluding hydrogens is 258 g/mol. The van der Waals surface area contributed by atoms with Gasteiger partial charge in [0, 0.05) is 12.7 Å². The van der Waals surface area contributed by atoms with Gasteiger partial charge < -0.3 is 24.6 Å². The van der Waals surface area contributed by atoms with Crippen LogP contribution in [0.25, 0.3) is 5.57 Å². The molecule has 2 N–H and O–H groups in total. The molecule has 0 aromatic heterocycles. The maximum Gasteiger partial charge on any atom is 0.203 e. The highest BCUT2D eigenvalue weighted by molar-refractivity contribution is 5.78. The minimum absolute atomic E-state index is 0.0365. The lowest BCUT2D eigenvalue weighted by Crippen LogP contribution is -2.16. The summed E-state index contributed by atoms with van der Waals surface area (Å²) in [6.07, 6.45) is 3.86. The van der Waals surface area contributed by atoms with Crippen LogP contribution in [0.1, 0.15) is 5.56 Å². The molecular formula is C15H19NO4. The molecule has 1 heterocycles. The van der Waals surface area contributed by atoms with Crippen LogP contribution in [0.4, 0.5) is 0 Å². The van der Waals surface area contributed by atoms with Crippen LogP contribution in [-0.4, -0.2) is 39.6 Å². The summed E-state index contributed by atoms with van der Waals surface area (Å²) in [6.45, 7) is 0.694. The molecule has 20 heavy (non-hydrogen) atoms. The van der Waals surface area contributed by atoms with E-state index in [0.29, 0.717) is 23.8 Å². The first-order valence-electron chi connectivity index (χ1n) is 6.27. The van der Waals surface area contributed by atoms with Gasteiger partial charge in [0.15, 0.2) is 11.5 Å². The summed E-state index contributed by atoms with van der Waals surface area (Å²) in [7, 11) is 4.75. The summed E-state index contributed by atoms with van der Waals surface area (Å²) >= 11 is 0. The van der Waals surface area contributed by atoms with E-state index in [1.54, 1.807) is 21.3 Å². The Bertz CT molecular complexity index is 524. The van der Waals surface area contributed by atoms with Crippen molar-refractivity contribution < 1.29 is 19.3 Å². The molecule has 0 unspecified atom stereocenters. The summed E-state index contributed by atoms with van der Waals surface area (Å²) in [4.78, 5) is 0. The molecule has 1 aromatic carbocycles. The molecule has 0 atom stereocenters. The van der Waals surface area contributed by atoms with Crippen LogP contribution < -0.4 is 19.5 Å². The molecule has 0 saturated heterocycles. The fourth-order valence-electron chi connectivity index (χ4n) is 2.12. The van der Waals surface area contributed by atoms with E-state index in [2.05, 4.69) is 5.32 Å². The Morgan fingerprint density at radius 2 is 1.75 bits per heavy atom. The van der Waals surface area contributed by atoms with Crippen molar-refractivity contribution in [3.63, 3.8) is 0 Å². The number of allylic oxidation sites excluding steroid dienone is 2. The first-order chi connectivity index (χ1) is 9.73. The average molecular weight is 277 g/mol. The van der Waals surface area contributed by atoms with Gasteiger partial charge in [-0.05, 0) is 34.9 Å². The maximum absolute atomic E-state index is 9.23. The molecule has 0 fully saturated rings. The Morgan fingerprint density at radius 1 is 1.10 bits per heavy atom. The van der Waals surface area contributed by atoms with Crippen molar-refractivity contribution in [3.8, 4) is 17.2 Å². The van der Waals surface area contributed by atoms with Gasteiger partial charge in [-0.25, -0.2) is 0 Å². The van der Waals surface area contributed by atoms with Crippen LogP contribution in [0.15, 0.2) is 30.0 Å². The van der Waals surface area contributed by atoms with Crippen molar-refractivity contribution in [2.45, 2.75) is 0 Å². The lowest BCUT2D eigenvalue weighted by atomic mass is 10.0. The van der Waals surface area contributed by atoms with E-state index in [-0.39, 0.29) is 6.61 Å². The minimum Gasteiger partial charge on any atom is -0.493 e. The molecule has 2 rings (SSSR count). The van der Waals surface area contributed by atoms with Crippen molar-refractivity contribution in [1.82, 2.24) is 5.32 Å². The van der Waals surface area contributed by atoms with Gasteiger partial charge >= 0.3 is 0 Å². The van der Waals surface area contributed by atoms with E-state index in [9.17, 15) is 5.11 Å². The molecule has 5 nitrogen and oxygen atoms in total. The van der Waals surface area contributed by atoms with Gasteiger partial charge in [-0.2, -0.15) is 0 Å². The zero-order valence-corrected chi connectivity index (χ0v) is 11.9. The van der Waals surface area contributed by atoms with Crippen LogP contribution >= 0.6 is 0 Å². The van der Waals surface area contributed by atoms with Crippen molar-refractivity contribution in [1.29, 1.82) is 0 Å². The maximum atomic E-state index is 9.23. The first kappa shape index (κ1) is 14.3. The Kier molecular flexibility index (Phi) is 4.53. The molecule has 5 heteroatoms. The van der Waals surface area contributed by atoms with Gasteiger partial charge in [0.2, 0.25) is 5.75 Å². The summed E-state index contributed by atoms with van der Waals surface area (Å²) in [5, 5.41) is 12.4.